The number of hydrogen-bond acceptors (Lipinski definition) is 5. The van der Waals surface area contributed by atoms with Crippen LogP contribution in [-0.2, 0) is 15.1 Å². The molecule has 0 radical (unpaired) electrons. The van der Waals surface area contributed by atoms with Crippen LogP contribution in [0, 0.1) is 17.1 Å². The van der Waals surface area contributed by atoms with E-state index in [1.54, 1.807) is 4.90 Å². The van der Waals surface area contributed by atoms with Crippen LogP contribution in [0.5, 0.6) is 0 Å². The molecule has 33 heavy (non-hydrogen) atoms. The van der Waals surface area contributed by atoms with Crippen molar-refractivity contribution < 1.29 is 14.0 Å². The van der Waals surface area contributed by atoms with Crippen LogP contribution >= 0.6 is 0 Å². The fourth-order valence-corrected chi connectivity index (χ4v) is 6.70. The van der Waals surface area contributed by atoms with Gasteiger partial charge in [-0.25, -0.2) is 4.39 Å². The summed E-state index contributed by atoms with van der Waals surface area (Å²) in [5.41, 5.74) is 6.93. The lowest BCUT2D eigenvalue weighted by atomic mass is 9.74. The van der Waals surface area contributed by atoms with Crippen molar-refractivity contribution in [1.82, 2.24) is 14.7 Å². The summed E-state index contributed by atoms with van der Waals surface area (Å²) in [6.07, 6.45) is 7.32. The van der Waals surface area contributed by atoms with Crippen molar-refractivity contribution in [3.8, 4) is 6.07 Å². The summed E-state index contributed by atoms with van der Waals surface area (Å²) in [6.45, 7) is 1.60. The zero-order valence-corrected chi connectivity index (χ0v) is 19.0. The summed E-state index contributed by atoms with van der Waals surface area (Å²) in [4.78, 5) is 32.3. The molecule has 4 aliphatic rings. The Hall–Kier alpha value is -2.50. The molecule has 2 amide bonds. The van der Waals surface area contributed by atoms with Gasteiger partial charge >= 0.3 is 0 Å². The monoisotopic (exact) mass is 453 g/mol. The maximum Gasteiger partial charge on any atom is 0.241 e. The molecular weight excluding hydrogens is 421 g/mol. The second kappa shape index (κ2) is 8.69. The van der Waals surface area contributed by atoms with E-state index in [2.05, 4.69) is 15.9 Å². The van der Waals surface area contributed by atoms with Crippen molar-refractivity contribution in [3.05, 3.63) is 35.6 Å². The Labute approximate surface area is 194 Å². The maximum atomic E-state index is 13.7. The second-order valence-corrected chi connectivity index (χ2v) is 10.1. The Kier molecular flexibility index (Phi) is 5.87. The number of carbonyl (C=O) groups is 2. The van der Waals surface area contributed by atoms with Gasteiger partial charge in [-0.3, -0.25) is 14.5 Å². The van der Waals surface area contributed by atoms with Crippen LogP contribution < -0.4 is 5.73 Å². The molecule has 3 saturated heterocycles. The van der Waals surface area contributed by atoms with Gasteiger partial charge in [0.15, 0.2) is 0 Å². The lowest BCUT2D eigenvalue weighted by Crippen LogP contribution is -2.61. The number of nitriles is 1. The van der Waals surface area contributed by atoms with E-state index >= 15 is 0 Å². The lowest BCUT2D eigenvalue weighted by Gasteiger charge is -2.50. The molecule has 1 aliphatic carbocycles. The normalized spacial score (nSPS) is 30.0. The number of benzene rings is 1. The molecule has 8 heteroatoms. The number of hydrogen-bond donors (Lipinski definition) is 1. The molecule has 5 rings (SSSR count). The third-order valence-electron chi connectivity index (χ3n) is 8.23. The summed E-state index contributed by atoms with van der Waals surface area (Å²) in [5.74, 6) is -0.352. The van der Waals surface area contributed by atoms with Crippen molar-refractivity contribution in [2.75, 3.05) is 19.6 Å². The Bertz CT molecular complexity index is 955. The molecule has 176 valence electrons. The van der Waals surface area contributed by atoms with Crippen LogP contribution in [-0.4, -0.2) is 70.3 Å². The van der Waals surface area contributed by atoms with Gasteiger partial charge in [-0.05, 0) is 49.8 Å². The molecule has 2 N–H and O–H groups in total. The highest BCUT2D eigenvalue weighted by molar-refractivity contribution is 5.87. The average molecular weight is 454 g/mol. The van der Waals surface area contributed by atoms with Gasteiger partial charge in [0.1, 0.15) is 11.9 Å². The third kappa shape index (κ3) is 3.71. The number of piperazine rings is 1. The Morgan fingerprint density at radius 3 is 2.61 bits per heavy atom. The van der Waals surface area contributed by atoms with Crippen LogP contribution in [0.25, 0.3) is 0 Å². The molecule has 0 unspecified atom stereocenters. The van der Waals surface area contributed by atoms with Crippen molar-refractivity contribution in [3.63, 3.8) is 0 Å². The van der Waals surface area contributed by atoms with E-state index < -0.39 is 12.1 Å². The number of amides is 2. The predicted octanol–water partition coefficient (Wildman–Crippen LogP) is 2.11. The lowest BCUT2D eigenvalue weighted by molar-refractivity contribution is -0.147. The van der Waals surface area contributed by atoms with Crippen molar-refractivity contribution in [2.24, 2.45) is 5.73 Å². The van der Waals surface area contributed by atoms with Crippen molar-refractivity contribution in [2.45, 2.75) is 81.1 Å². The first kappa shape index (κ1) is 22.3. The molecule has 1 aromatic rings. The molecule has 3 heterocycles. The smallest absolute Gasteiger partial charge is 0.241 e. The fourth-order valence-electron chi connectivity index (χ4n) is 6.70. The SMILES string of the molecule is N#C[C@@H]1CCCN1C(=O)[C@@H](N)CN1C[C@@H]2C[C@H]1C(=O)N2C1(c2ccc(F)cc2)CCCCC1. The number of rotatable bonds is 5. The van der Waals surface area contributed by atoms with Crippen molar-refractivity contribution in [1.29, 1.82) is 5.26 Å². The Balaban J connectivity index is 1.32. The molecule has 1 aromatic carbocycles. The summed E-state index contributed by atoms with van der Waals surface area (Å²) in [7, 11) is 0. The van der Waals surface area contributed by atoms with Gasteiger partial charge in [0, 0.05) is 25.7 Å². The topological polar surface area (TPSA) is 93.7 Å². The van der Waals surface area contributed by atoms with Gasteiger partial charge in [-0.2, -0.15) is 5.26 Å². The molecule has 0 spiro atoms. The van der Waals surface area contributed by atoms with Crippen molar-refractivity contribution >= 4 is 11.8 Å². The number of fused-ring (bicyclic) bond motifs is 2. The minimum Gasteiger partial charge on any atom is -0.327 e. The van der Waals surface area contributed by atoms with E-state index in [0.717, 1.165) is 50.5 Å². The van der Waals surface area contributed by atoms with E-state index in [0.29, 0.717) is 26.1 Å². The van der Waals surface area contributed by atoms with E-state index in [1.165, 1.54) is 12.1 Å². The molecule has 7 nitrogen and oxygen atoms in total. The van der Waals surface area contributed by atoms with Crippen LogP contribution in [0.1, 0.15) is 56.9 Å². The number of nitrogens with zero attached hydrogens (tertiary/aromatic N) is 4. The first-order valence-corrected chi connectivity index (χ1v) is 12.2. The predicted molar refractivity (Wildman–Crippen MR) is 120 cm³/mol. The highest BCUT2D eigenvalue weighted by Gasteiger charge is 2.57. The van der Waals surface area contributed by atoms with E-state index in [1.807, 2.05) is 12.1 Å². The summed E-state index contributed by atoms with van der Waals surface area (Å²) in [5, 5.41) is 9.29. The summed E-state index contributed by atoms with van der Waals surface area (Å²) in [6, 6.07) is 7.55. The Morgan fingerprint density at radius 2 is 1.94 bits per heavy atom. The standard InChI is InChI=1S/C25H32FN5O2/c26-18-8-6-17(7-9-18)25(10-2-1-3-11-25)31-20-13-22(24(31)33)29(15-20)16-21(28)23(32)30-12-4-5-19(30)14-27/h6-9,19-22H,1-5,10-13,15-16,28H2/t19-,20-,21-,22-/m0/s1. The van der Waals surface area contributed by atoms with E-state index in [4.69, 9.17) is 5.73 Å². The number of likely N-dealkylation sites (tertiary alicyclic amines) is 3. The molecule has 0 aromatic heterocycles. The molecule has 3 aliphatic heterocycles. The summed E-state index contributed by atoms with van der Waals surface area (Å²) >= 11 is 0. The largest absolute Gasteiger partial charge is 0.327 e. The second-order valence-electron chi connectivity index (χ2n) is 10.1. The first-order chi connectivity index (χ1) is 15.9. The molecule has 4 atom stereocenters. The van der Waals surface area contributed by atoms with Crippen LogP contribution in [0.3, 0.4) is 0 Å². The quantitative estimate of drug-likeness (QED) is 0.737. The minimum absolute atomic E-state index is 0.0756. The maximum absolute atomic E-state index is 13.7. The molecule has 4 fully saturated rings. The minimum atomic E-state index is -0.736. The highest BCUT2D eigenvalue weighted by atomic mass is 19.1. The fraction of sp³-hybridized carbons (Fsp3) is 0.640. The van der Waals surface area contributed by atoms with Gasteiger partial charge in [0.25, 0.3) is 0 Å². The van der Waals surface area contributed by atoms with Crippen LogP contribution in [0.4, 0.5) is 4.39 Å². The average Bonchev–Trinajstić information content (AvgIpc) is 3.54. The number of nitrogens with two attached hydrogens (primary N) is 1. The number of carbonyl (C=O) groups excluding carboxylic acids is 2. The van der Waals surface area contributed by atoms with Crippen LogP contribution in [0.2, 0.25) is 0 Å². The van der Waals surface area contributed by atoms with Gasteiger partial charge in [-0.15, -0.1) is 0 Å². The molecule has 1 saturated carbocycles. The zero-order chi connectivity index (χ0) is 23.2. The summed E-state index contributed by atoms with van der Waals surface area (Å²) < 4.78 is 13.6. The van der Waals surface area contributed by atoms with Gasteiger partial charge < -0.3 is 15.5 Å². The van der Waals surface area contributed by atoms with Gasteiger partial charge in [0.2, 0.25) is 11.8 Å². The van der Waals surface area contributed by atoms with Gasteiger partial charge in [0.05, 0.1) is 23.7 Å². The molecule has 2 bridgehead atoms. The van der Waals surface area contributed by atoms with E-state index in [9.17, 15) is 19.2 Å². The molecular formula is C25H32FN5O2. The highest BCUT2D eigenvalue weighted by Crippen LogP contribution is 2.48. The zero-order valence-electron chi connectivity index (χ0n) is 19.0. The van der Waals surface area contributed by atoms with E-state index in [-0.39, 0.29) is 35.3 Å². The van der Waals surface area contributed by atoms with Crippen LogP contribution in [0.15, 0.2) is 24.3 Å². The Morgan fingerprint density at radius 1 is 1.21 bits per heavy atom. The third-order valence-corrected chi connectivity index (χ3v) is 8.23. The first-order valence-electron chi connectivity index (χ1n) is 12.2. The number of halogens is 1. The van der Waals surface area contributed by atoms with Gasteiger partial charge in [-0.1, -0.05) is 31.4 Å².